The zero-order valence-corrected chi connectivity index (χ0v) is 13.1. The smallest absolute Gasteiger partial charge is 0.151 e. The van der Waals surface area contributed by atoms with E-state index in [-0.39, 0.29) is 0 Å². The maximum Gasteiger partial charge on any atom is 0.151 e. The Morgan fingerprint density at radius 3 is 2.50 bits per heavy atom. The van der Waals surface area contributed by atoms with Gasteiger partial charge in [0.25, 0.3) is 0 Å². The highest BCUT2D eigenvalue weighted by Gasteiger charge is 2.10. The van der Waals surface area contributed by atoms with Crippen LogP contribution < -0.4 is 0 Å². The lowest BCUT2D eigenvalue weighted by atomic mass is 10.1. The van der Waals surface area contributed by atoms with Gasteiger partial charge in [0.1, 0.15) is 5.69 Å². The van der Waals surface area contributed by atoms with E-state index in [0.717, 1.165) is 34.1 Å². The van der Waals surface area contributed by atoms with Gasteiger partial charge in [0.2, 0.25) is 0 Å². The summed E-state index contributed by atoms with van der Waals surface area (Å²) >= 11 is 6.19. The SMILES string of the molecule is CN(Cc1cc(-c2ccccc2)no1)Cc1ccccc1Cl. The summed E-state index contributed by atoms with van der Waals surface area (Å²) in [6, 6.07) is 19.9. The summed E-state index contributed by atoms with van der Waals surface area (Å²) < 4.78 is 5.43. The standard InChI is InChI=1S/C18H17ClN2O/c1-21(12-15-9-5-6-10-17(15)19)13-16-11-18(20-22-16)14-7-3-2-4-8-14/h2-11H,12-13H2,1H3. The number of benzene rings is 2. The number of aromatic nitrogens is 1. The van der Waals surface area contributed by atoms with Crippen LogP contribution in [0, 0.1) is 0 Å². The molecule has 4 heteroatoms. The van der Waals surface area contributed by atoms with Gasteiger partial charge in [-0.15, -0.1) is 0 Å². The first-order chi connectivity index (χ1) is 10.7. The van der Waals surface area contributed by atoms with Gasteiger partial charge in [0.15, 0.2) is 5.76 Å². The Bertz CT molecular complexity index is 740. The van der Waals surface area contributed by atoms with Crippen LogP contribution in [0.4, 0.5) is 0 Å². The van der Waals surface area contributed by atoms with Crippen molar-refractivity contribution in [2.75, 3.05) is 7.05 Å². The predicted molar refractivity (Wildman–Crippen MR) is 88.6 cm³/mol. The van der Waals surface area contributed by atoms with Crippen LogP contribution in [0.2, 0.25) is 5.02 Å². The van der Waals surface area contributed by atoms with Crippen LogP contribution >= 0.6 is 11.6 Å². The van der Waals surface area contributed by atoms with Crippen molar-refractivity contribution in [1.82, 2.24) is 10.1 Å². The molecule has 3 aromatic rings. The Hall–Kier alpha value is -2.10. The molecule has 3 rings (SSSR count). The Balaban J connectivity index is 1.66. The van der Waals surface area contributed by atoms with E-state index in [1.807, 2.05) is 67.7 Å². The van der Waals surface area contributed by atoms with Gasteiger partial charge in [0.05, 0.1) is 6.54 Å². The molecule has 0 aliphatic rings. The second-order valence-corrected chi connectivity index (χ2v) is 5.72. The van der Waals surface area contributed by atoms with Crippen molar-refractivity contribution in [2.45, 2.75) is 13.1 Å². The molecule has 0 amide bonds. The molecule has 112 valence electrons. The molecule has 0 unspecified atom stereocenters. The maximum atomic E-state index is 6.19. The molecule has 0 saturated heterocycles. The third kappa shape index (κ3) is 3.56. The number of halogens is 1. The molecule has 22 heavy (non-hydrogen) atoms. The van der Waals surface area contributed by atoms with Crippen LogP contribution in [0.3, 0.4) is 0 Å². The van der Waals surface area contributed by atoms with E-state index in [0.29, 0.717) is 6.54 Å². The van der Waals surface area contributed by atoms with Crippen molar-refractivity contribution >= 4 is 11.6 Å². The van der Waals surface area contributed by atoms with E-state index >= 15 is 0 Å². The van der Waals surface area contributed by atoms with Gasteiger partial charge in [-0.25, -0.2) is 0 Å². The lowest BCUT2D eigenvalue weighted by Gasteiger charge is -2.15. The lowest BCUT2D eigenvalue weighted by Crippen LogP contribution is -2.17. The first-order valence-corrected chi connectivity index (χ1v) is 7.53. The van der Waals surface area contributed by atoms with Gasteiger partial charge in [-0.05, 0) is 18.7 Å². The van der Waals surface area contributed by atoms with Crippen LogP contribution in [0.25, 0.3) is 11.3 Å². The molecule has 0 radical (unpaired) electrons. The second-order valence-electron chi connectivity index (χ2n) is 5.31. The van der Waals surface area contributed by atoms with Crippen LogP contribution in [0.5, 0.6) is 0 Å². The van der Waals surface area contributed by atoms with E-state index in [2.05, 4.69) is 10.1 Å². The third-order valence-corrected chi connectivity index (χ3v) is 3.82. The van der Waals surface area contributed by atoms with Gasteiger partial charge >= 0.3 is 0 Å². The van der Waals surface area contributed by atoms with E-state index < -0.39 is 0 Å². The number of rotatable bonds is 5. The molecule has 2 aromatic carbocycles. The number of hydrogen-bond donors (Lipinski definition) is 0. The molecule has 3 nitrogen and oxygen atoms in total. The summed E-state index contributed by atoms with van der Waals surface area (Å²) in [4.78, 5) is 2.15. The zero-order valence-electron chi connectivity index (χ0n) is 12.4. The molecular weight excluding hydrogens is 296 g/mol. The van der Waals surface area contributed by atoms with Crippen molar-refractivity contribution in [3.63, 3.8) is 0 Å². The lowest BCUT2D eigenvalue weighted by molar-refractivity contribution is 0.267. The Labute approximate surface area is 135 Å². The summed E-state index contributed by atoms with van der Waals surface area (Å²) in [7, 11) is 2.04. The van der Waals surface area contributed by atoms with E-state index in [9.17, 15) is 0 Å². The summed E-state index contributed by atoms with van der Waals surface area (Å²) in [6.45, 7) is 1.45. The highest BCUT2D eigenvalue weighted by atomic mass is 35.5. The van der Waals surface area contributed by atoms with E-state index in [1.54, 1.807) is 0 Å². The van der Waals surface area contributed by atoms with Gasteiger partial charge in [-0.3, -0.25) is 4.90 Å². The van der Waals surface area contributed by atoms with Crippen LogP contribution in [-0.4, -0.2) is 17.1 Å². The fraction of sp³-hybridized carbons (Fsp3) is 0.167. The Morgan fingerprint density at radius 1 is 1.00 bits per heavy atom. The van der Waals surface area contributed by atoms with Crippen LogP contribution in [-0.2, 0) is 13.1 Å². The summed E-state index contributed by atoms with van der Waals surface area (Å²) in [5.74, 6) is 0.841. The molecule has 0 atom stereocenters. The van der Waals surface area contributed by atoms with Crippen LogP contribution in [0.15, 0.2) is 65.2 Å². The summed E-state index contributed by atoms with van der Waals surface area (Å²) in [5.41, 5.74) is 3.03. The minimum Gasteiger partial charge on any atom is -0.359 e. The third-order valence-electron chi connectivity index (χ3n) is 3.45. The van der Waals surface area contributed by atoms with E-state index in [1.165, 1.54) is 0 Å². The molecule has 0 saturated carbocycles. The summed E-state index contributed by atoms with van der Waals surface area (Å²) in [6.07, 6.45) is 0. The fourth-order valence-corrected chi connectivity index (χ4v) is 2.57. The quantitative estimate of drug-likeness (QED) is 0.688. The topological polar surface area (TPSA) is 29.3 Å². The number of hydrogen-bond acceptors (Lipinski definition) is 3. The van der Waals surface area contributed by atoms with Gasteiger partial charge in [0, 0.05) is 23.2 Å². The van der Waals surface area contributed by atoms with Gasteiger partial charge in [-0.2, -0.15) is 0 Å². The predicted octanol–water partition coefficient (Wildman–Crippen LogP) is 4.63. The van der Waals surface area contributed by atoms with Crippen molar-refractivity contribution in [2.24, 2.45) is 0 Å². The van der Waals surface area contributed by atoms with Gasteiger partial charge < -0.3 is 4.52 Å². The Morgan fingerprint density at radius 2 is 1.73 bits per heavy atom. The average Bonchev–Trinajstić information content (AvgIpc) is 2.99. The molecular formula is C18H17ClN2O. The monoisotopic (exact) mass is 312 g/mol. The van der Waals surface area contributed by atoms with Crippen LogP contribution in [0.1, 0.15) is 11.3 Å². The Kier molecular flexibility index (Phi) is 4.56. The molecule has 1 aromatic heterocycles. The highest BCUT2D eigenvalue weighted by molar-refractivity contribution is 6.31. The first-order valence-electron chi connectivity index (χ1n) is 7.15. The van der Waals surface area contributed by atoms with Crippen molar-refractivity contribution in [3.8, 4) is 11.3 Å². The molecule has 1 heterocycles. The molecule has 0 aliphatic heterocycles. The molecule has 0 bridgehead atoms. The van der Waals surface area contributed by atoms with Crippen molar-refractivity contribution < 1.29 is 4.52 Å². The van der Waals surface area contributed by atoms with Crippen molar-refractivity contribution in [1.29, 1.82) is 0 Å². The zero-order chi connectivity index (χ0) is 15.4. The molecule has 0 N–H and O–H groups in total. The van der Waals surface area contributed by atoms with Gasteiger partial charge in [-0.1, -0.05) is 65.3 Å². The first kappa shape index (κ1) is 14.8. The molecule has 0 aliphatic carbocycles. The summed E-state index contributed by atoms with van der Waals surface area (Å²) in [5, 5.41) is 4.93. The highest BCUT2D eigenvalue weighted by Crippen LogP contribution is 2.21. The maximum absolute atomic E-state index is 6.19. The van der Waals surface area contributed by atoms with E-state index in [4.69, 9.17) is 16.1 Å². The number of nitrogens with zero attached hydrogens (tertiary/aromatic N) is 2. The second kappa shape index (κ2) is 6.77. The minimum atomic E-state index is 0.686. The fourth-order valence-electron chi connectivity index (χ4n) is 2.37. The molecule has 0 spiro atoms. The average molecular weight is 313 g/mol. The largest absolute Gasteiger partial charge is 0.359 e. The molecule has 0 fully saturated rings. The van der Waals surface area contributed by atoms with Crippen molar-refractivity contribution in [3.05, 3.63) is 77.0 Å². The minimum absolute atomic E-state index is 0.686. The normalized spacial score (nSPS) is 11.0.